The number of halogens is 3. The Morgan fingerprint density at radius 2 is 0.781 bits per heavy atom. The molecule has 0 saturated heterocycles. The van der Waals surface area contributed by atoms with Gasteiger partial charge < -0.3 is 18.9 Å². The second-order valence-corrected chi connectivity index (χ2v) is 18.3. The summed E-state index contributed by atoms with van der Waals surface area (Å²) in [7, 11) is -1.43. The first kappa shape index (κ1) is 42.0. The van der Waals surface area contributed by atoms with Crippen LogP contribution < -0.4 is 5.46 Å². The van der Waals surface area contributed by atoms with Gasteiger partial charge in [0.2, 0.25) is 0 Å². The molecule has 0 spiro atoms. The molecule has 0 aliphatic carbocycles. The average Bonchev–Trinajstić information content (AvgIpc) is 3.90. The van der Waals surface area contributed by atoms with Crippen molar-refractivity contribution >= 4 is 132 Å². The highest BCUT2D eigenvalue weighted by Crippen LogP contribution is 2.42. The predicted octanol–water partition coefficient (Wildman–Crippen LogP) is 16.0. The SMILES string of the molecule is Brc1cc2oc3ccc(-c4ccccc4-c4ccccc4)cc3c2c2ccccc12.Brc1cc2oc3ccc(I)cc3c2c2ccccc12.OB(O)c1ccccc1-c1ccccc1. The first-order chi connectivity index (χ1) is 31.3. The standard InChI is InChI=1S/C28H17BrO.C16H8BrIO.C12H11BO2/c29-25-17-27-28(23-13-7-6-12-22(23)25)24-16-19(14-15-26(24)30-27)21-11-5-4-10-20(21)18-8-2-1-3-9-18;17-13-8-15-16(11-4-2-1-3-10(11)13)12-7-9(18)5-6-14(12)19-15;14-13(15)12-9-5-4-8-11(12)10-6-2-1-3-7-10/h1-17H;1-8H;1-9,14-15H. The van der Waals surface area contributed by atoms with Crippen LogP contribution in [0.3, 0.4) is 0 Å². The Kier molecular flexibility index (Phi) is 12.0. The molecule has 12 aromatic rings. The van der Waals surface area contributed by atoms with Crippen LogP contribution in [0.1, 0.15) is 0 Å². The van der Waals surface area contributed by atoms with Gasteiger partial charge in [0.25, 0.3) is 0 Å². The van der Waals surface area contributed by atoms with E-state index in [1.165, 1.54) is 63.5 Å². The molecular formula is C56H36BBr2IO4. The largest absolute Gasteiger partial charge is 0.489 e. The lowest BCUT2D eigenvalue weighted by Gasteiger charge is -2.10. The molecule has 10 aromatic carbocycles. The summed E-state index contributed by atoms with van der Waals surface area (Å²) in [5.41, 5.74) is 10.9. The lowest BCUT2D eigenvalue weighted by molar-refractivity contribution is 0.426. The third kappa shape index (κ3) is 8.17. The number of rotatable bonds is 4. The molecule has 0 fully saturated rings. The van der Waals surface area contributed by atoms with Crippen LogP contribution in [0.25, 0.3) is 98.8 Å². The van der Waals surface area contributed by atoms with E-state index in [-0.39, 0.29) is 0 Å². The van der Waals surface area contributed by atoms with Gasteiger partial charge in [0, 0.05) is 34.1 Å². The minimum atomic E-state index is -1.43. The van der Waals surface area contributed by atoms with Gasteiger partial charge in [0.1, 0.15) is 22.3 Å². The third-order valence-corrected chi connectivity index (χ3v) is 13.4. The zero-order chi connectivity index (χ0) is 43.7. The minimum Gasteiger partial charge on any atom is -0.456 e. The van der Waals surface area contributed by atoms with Crippen LogP contribution in [0.5, 0.6) is 0 Å². The highest BCUT2D eigenvalue weighted by Gasteiger charge is 2.17. The maximum Gasteiger partial charge on any atom is 0.489 e. The Balaban J connectivity index is 0.000000122. The molecule has 2 heterocycles. The highest BCUT2D eigenvalue weighted by atomic mass is 127. The van der Waals surface area contributed by atoms with Gasteiger partial charge in [-0.1, -0.05) is 196 Å². The molecule has 0 saturated carbocycles. The van der Waals surface area contributed by atoms with E-state index in [4.69, 9.17) is 8.83 Å². The number of furan rings is 2. The Labute approximate surface area is 400 Å². The molecule has 64 heavy (non-hydrogen) atoms. The van der Waals surface area contributed by atoms with Crippen molar-refractivity contribution in [3.63, 3.8) is 0 Å². The van der Waals surface area contributed by atoms with E-state index in [1.807, 2.05) is 48.5 Å². The van der Waals surface area contributed by atoms with Gasteiger partial charge in [-0.2, -0.15) is 0 Å². The van der Waals surface area contributed by atoms with Crippen molar-refractivity contribution in [2.24, 2.45) is 0 Å². The summed E-state index contributed by atoms with van der Waals surface area (Å²) in [4.78, 5) is 0. The van der Waals surface area contributed by atoms with E-state index in [1.54, 1.807) is 12.1 Å². The van der Waals surface area contributed by atoms with Gasteiger partial charge in [-0.3, -0.25) is 0 Å². The molecule has 4 nitrogen and oxygen atoms in total. The van der Waals surface area contributed by atoms with Crippen LogP contribution in [0.4, 0.5) is 0 Å². The molecule has 0 aliphatic rings. The Bertz CT molecular complexity index is 3640. The molecule has 0 amide bonds. The number of hydrogen-bond donors (Lipinski definition) is 2. The fourth-order valence-corrected chi connectivity index (χ4v) is 10.1. The molecule has 0 unspecified atom stereocenters. The van der Waals surface area contributed by atoms with E-state index < -0.39 is 7.12 Å². The van der Waals surface area contributed by atoms with Crippen LogP contribution >= 0.6 is 54.5 Å². The summed E-state index contributed by atoms with van der Waals surface area (Å²) >= 11 is 9.67. The van der Waals surface area contributed by atoms with E-state index in [9.17, 15) is 10.0 Å². The smallest absolute Gasteiger partial charge is 0.456 e. The van der Waals surface area contributed by atoms with Crippen LogP contribution in [-0.4, -0.2) is 17.2 Å². The van der Waals surface area contributed by atoms with E-state index >= 15 is 0 Å². The highest BCUT2D eigenvalue weighted by molar-refractivity contribution is 14.1. The van der Waals surface area contributed by atoms with Gasteiger partial charge >= 0.3 is 7.12 Å². The van der Waals surface area contributed by atoms with Crippen LogP contribution in [-0.2, 0) is 0 Å². The maximum absolute atomic E-state index is 9.22. The quantitative estimate of drug-likeness (QED) is 0.136. The molecule has 308 valence electrons. The third-order valence-electron chi connectivity index (χ3n) is 11.5. The normalized spacial score (nSPS) is 11.2. The predicted molar refractivity (Wildman–Crippen MR) is 283 cm³/mol. The lowest BCUT2D eigenvalue weighted by Crippen LogP contribution is -2.31. The number of fused-ring (bicyclic) bond motifs is 10. The monoisotopic (exact) mass is 1070 g/mol. The van der Waals surface area contributed by atoms with Crippen molar-refractivity contribution in [3.05, 3.63) is 219 Å². The Morgan fingerprint density at radius 1 is 0.359 bits per heavy atom. The molecule has 0 aliphatic heterocycles. The molecule has 0 radical (unpaired) electrons. The summed E-state index contributed by atoms with van der Waals surface area (Å²) < 4.78 is 15.5. The summed E-state index contributed by atoms with van der Waals surface area (Å²) in [5.74, 6) is 0. The lowest BCUT2D eigenvalue weighted by atomic mass is 9.75. The molecule has 12 rings (SSSR count). The molecular weight excluding hydrogens is 1030 g/mol. The molecule has 8 heteroatoms. The second-order valence-electron chi connectivity index (χ2n) is 15.3. The topological polar surface area (TPSA) is 66.7 Å². The fourth-order valence-electron chi connectivity index (χ4n) is 8.54. The fraction of sp³-hybridized carbons (Fsp3) is 0. The zero-order valence-corrected chi connectivity index (χ0v) is 39.4. The summed E-state index contributed by atoms with van der Waals surface area (Å²) in [6, 6.07) is 69.9. The summed E-state index contributed by atoms with van der Waals surface area (Å²) in [6.45, 7) is 0. The van der Waals surface area contributed by atoms with Gasteiger partial charge in [0.05, 0.1) is 0 Å². The van der Waals surface area contributed by atoms with Crippen LogP contribution in [0.2, 0.25) is 0 Å². The summed E-state index contributed by atoms with van der Waals surface area (Å²) in [6.07, 6.45) is 0. The number of benzene rings is 10. The first-order valence-corrected chi connectivity index (χ1v) is 23.4. The van der Waals surface area contributed by atoms with Gasteiger partial charge in [-0.05, 0) is 125 Å². The van der Waals surface area contributed by atoms with Crippen molar-refractivity contribution in [2.45, 2.75) is 0 Å². The Morgan fingerprint density at radius 3 is 1.33 bits per heavy atom. The van der Waals surface area contributed by atoms with E-state index in [0.717, 1.165) is 47.8 Å². The van der Waals surface area contributed by atoms with Crippen LogP contribution in [0.15, 0.2) is 224 Å². The molecule has 0 atom stereocenters. The maximum atomic E-state index is 9.22. The van der Waals surface area contributed by atoms with E-state index in [0.29, 0.717) is 5.46 Å². The summed E-state index contributed by atoms with van der Waals surface area (Å²) in [5, 5.41) is 28.0. The van der Waals surface area contributed by atoms with Crippen LogP contribution in [0, 0.1) is 3.57 Å². The number of hydrogen-bond acceptors (Lipinski definition) is 4. The zero-order valence-electron chi connectivity index (χ0n) is 34.1. The van der Waals surface area contributed by atoms with Crippen molar-refractivity contribution in [3.8, 4) is 33.4 Å². The van der Waals surface area contributed by atoms with Crippen molar-refractivity contribution in [2.75, 3.05) is 0 Å². The van der Waals surface area contributed by atoms with Gasteiger partial charge in [0.15, 0.2) is 0 Å². The average molecular weight is 1070 g/mol. The second kappa shape index (κ2) is 18.2. The Hall–Kier alpha value is -6.01. The van der Waals surface area contributed by atoms with Crippen molar-refractivity contribution < 1.29 is 18.9 Å². The van der Waals surface area contributed by atoms with Crippen molar-refractivity contribution in [1.82, 2.24) is 0 Å². The molecule has 0 bridgehead atoms. The van der Waals surface area contributed by atoms with Gasteiger partial charge in [-0.25, -0.2) is 0 Å². The molecule has 2 aromatic heterocycles. The van der Waals surface area contributed by atoms with E-state index in [2.05, 4.69) is 200 Å². The molecule has 2 N–H and O–H groups in total. The minimum absolute atomic E-state index is 0.531. The van der Waals surface area contributed by atoms with Gasteiger partial charge in [-0.15, -0.1) is 0 Å². The van der Waals surface area contributed by atoms with Crippen molar-refractivity contribution in [1.29, 1.82) is 0 Å². The first-order valence-electron chi connectivity index (χ1n) is 20.7.